The van der Waals surface area contributed by atoms with Crippen molar-refractivity contribution < 1.29 is 9.53 Å². The Morgan fingerprint density at radius 3 is 3.00 bits per heavy atom. The lowest BCUT2D eigenvalue weighted by atomic mass is 10.4. The van der Waals surface area contributed by atoms with E-state index >= 15 is 0 Å². The molecule has 0 aliphatic rings. The van der Waals surface area contributed by atoms with Gasteiger partial charge in [0, 0.05) is 5.56 Å². The maximum Gasteiger partial charge on any atom is 0.293 e. The van der Waals surface area contributed by atoms with Crippen molar-refractivity contribution in [3.05, 3.63) is 22.4 Å². The van der Waals surface area contributed by atoms with Crippen LogP contribution in [-0.4, -0.2) is 6.47 Å². The van der Waals surface area contributed by atoms with E-state index < -0.39 is 0 Å². The standard InChI is InChI=1S/C6H6O2S.ClH/c7-5-8-3-6-1-2-9-4-6;/h1-2,4-5H,3H2;1H. The van der Waals surface area contributed by atoms with Crippen LogP contribution in [0.1, 0.15) is 5.56 Å². The largest absolute Gasteiger partial charge is 0.463 e. The summed E-state index contributed by atoms with van der Waals surface area (Å²) in [5.74, 6) is 0. The van der Waals surface area contributed by atoms with Crippen molar-refractivity contribution in [2.75, 3.05) is 0 Å². The SMILES string of the molecule is Cl.O=COCc1ccsc1. The highest BCUT2D eigenvalue weighted by Gasteiger charge is 1.89. The average molecular weight is 179 g/mol. The zero-order chi connectivity index (χ0) is 6.53. The molecule has 0 saturated carbocycles. The van der Waals surface area contributed by atoms with Gasteiger partial charge in [-0.25, -0.2) is 0 Å². The predicted molar refractivity (Wildman–Crippen MR) is 42.4 cm³/mol. The van der Waals surface area contributed by atoms with Crippen LogP contribution in [0.2, 0.25) is 0 Å². The van der Waals surface area contributed by atoms with Crippen LogP contribution in [-0.2, 0) is 16.1 Å². The van der Waals surface area contributed by atoms with E-state index in [1.165, 1.54) is 0 Å². The summed E-state index contributed by atoms with van der Waals surface area (Å²) in [4.78, 5) is 9.68. The second kappa shape index (κ2) is 5.26. The molecule has 1 rings (SSSR count). The van der Waals surface area contributed by atoms with Gasteiger partial charge < -0.3 is 4.74 Å². The second-order valence-electron chi connectivity index (χ2n) is 1.54. The van der Waals surface area contributed by atoms with Crippen LogP contribution < -0.4 is 0 Å². The van der Waals surface area contributed by atoms with Crippen molar-refractivity contribution in [1.29, 1.82) is 0 Å². The molecule has 0 unspecified atom stereocenters. The third-order valence-electron chi connectivity index (χ3n) is 0.898. The van der Waals surface area contributed by atoms with Gasteiger partial charge in [0.2, 0.25) is 0 Å². The van der Waals surface area contributed by atoms with Crippen LogP contribution in [0.25, 0.3) is 0 Å². The van der Waals surface area contributed by atoms with E-state index in [9.17, 15) is 4.79 Å². The molecule has 0 saturated heterocycles. The molecule has 0 aliphatic heterocycles. The van der Waals surface area contributed by atoms with Gasteiger partial charge in [0.1, 0.15) is 6.61 Å². The molecule has 4 heteroatoms. The number of halogens is 1. The van der Waals surface area contributed by atoms with Crippen LogP contribution in [0, 0.1) is 0 Å². The summed E-state index contributed by atoms with van der Waals surface area (Å²) < 4.78 is 4.50. The Labute approximate surface area is 69.2 Å². The van der Waals surface area contributed by atoms with Gasteiger partial charge in [0.15, 0.2) is 0 Å². The van der Waals surface area contributed by atoms with E-state index in [1.54, 1.807) is 11.3 Å². The first kappa shape index (κ1) is 9.46. The van der Waals surface area contributed by atoms with Crippen LogP contribution in [0.3, 0.4) is 0 Å². The summed E-state index contributed by atoms with van der Waals surface area (Å²) in [6.45, 7) is 0.852. The summed E-state index contributed by atoms with van der Waals surface area (Å²) >= 11 is 1.59. The summed E-state index contributed by atoms with van der Waals surface area (Å²) in [6.07, 6.45) is 0. The highest BCUT2D eigenvalue weighted by atomic mass is 35.5. The molecule has 0 fully saturated rings. The zero-order valence-corrected chi connectivity index (χ0v) is 6.78. The minimum atomic E-state index is 0. The summed E-state index contributed by atoms with van der Waals surface area (Å²) in [7, 11) is 0. The van der Waals surface area contributed by atoms with Gasteiger partial charge in [0.05, 0.1) is 0 Å². The Hall–Kier alpha value is -0.540. The van der Waals surface area contributed by atoms with Crippen LogP contribution in [0.5, 0.6) is 0 Å². The van der Waals surface area contributed by atoms with Gasteiger partial charge >= 0.3 is 0 Å². The fourth-order valence-electron chi connectivity index (χ4n) is 0.505. The highest BCUT2D eigenvalue weighted by molar-refractivity contribution is 7.07. The monoisotopic (exact) mass is 178 g/mol. The molecule has 0 aliphatic carbocycles. The second-order valence-corrected chi connectivity index (χ2v) is 2.32. The number of thiophene rings is 1. The molecule has 1 aromatic rings. The van der Waals surface area contributed by atoms with E-state index in [0.29, 0.717) is 13.1 Å². The van der Waals surface area contributed by atoms with Crippen molar-refractivity contribution in [1.82, 2.24) is 0 Å². The van der Waals surface area contributed by atoms with Gasteiger partial charge in [-0.15, -0.1) is 12.4 Å². The molecule has 0 aromatic carbocycles. The predicted octanol–water partition coefficient (Wildman–Crippen LogP) is 1.84. The lowest BCUT2D eigenvalue weighted by Crippen LogP contribution is -1.85. The Morgan fingerprint density at radius 1 is 1.70 bits per heavy atom. The first-order valence-electron chi connectivity index (χ1n) is 2.50. The van der Waals surface area contributed by atoms with Gasteiger partial charge in [-0.05, 0) is 16.8 Å². The zero-order valence-electron chi connectivity index (χ0n) is 5.15. The van der Waals surface area contributed by atoms with E-state index in [0.717, 1.165) is 5.56 Å². The van der Waals surface area contributed by atoms with Gasteiger partial charge in [-0.1, -0.05) is 0 Å². The van der Waals surface area contributed by atoms with E-state index in [2.05, 4.69) is 4.74 Å². The molecule has 10 heavy (non-hydrogen) atoms. The summed E-state index contributed by atoms with van der Waals surface area (Å²) in [5, 5.41) is 3.90. The van der Waals surface area contributed by atoms with Gasteiger partial charge in [0.25, 0.3) is 6.47 Å². The van der Waals surface area contributed by atoms with Crippen LogP contribution in [0.15, 0.2) is 16.8 Å². The Bertz CT molecular complexity index is 174. The normalized spacial score (nSPS) is 8.00. The molecule has 2 nitrogen and oxygen atoms in total. The first-order valence-corrected chi connectivity index (χ1v) is 3.44. The quantitative estimate of drug-likeness (QED) is 0.661. The first-order chi connectivity index (χ1) is 4.43. The minimum absolute atomic E-state index is 0. The van der Waals surface area contributed by atoms with Gasteiger partial charge in [-0.3, -0.25) is 4.79 Å². The maximum absolute atomic E-state index is 9.68. The minimum Gasteiger partial charge on any atom is -0.463 e. The van der Waals surface area contributed by atoms with Crippen molar-refractivity contribution in [2.45, 2.75) is 6.61 Å². The number of hydrogen-bond donors (Lipinski definition) is 0. The van der Waals surface area contributed by atoms with Crippen LogP contribution >= 0.6 is 23.7 Å². The molecule has 0 bridgehead atoms. The molecule has 0 N–H and O–H groups in total. The molecular weight excluding hydrogens is 172 g/mol. The Morgan fingerprint density at radius 2 is 2.50 bits per heavy atom. The molecule has 1 heterocycles. The molecule has 56 valence electrons. The number of rotatable bonds is 3. The lowest BCUT2D eigenvalue weighted by molar-refractivity contribution is -0.129. The number of ether oxygens (including phenoxy) is 1. The average Bonchev–Trinajstić information content (AvgIpc) is 2.34. The third kappa shape index (κ3) is 2.85. The fourth-order valence-corrected chi connectivity index (χ4v) is 1.16. The van der Waals surface area contributed by atoms with E-state index in [1.807, 2.05) is 16.8 Å². The summed E-state index contributed by atoms with van der Waals surface area (Å²) in [5.41, 5.74) is 1.05. The van der Waals surface area contributed by atoms with Crippen molar-refractivity contribution in [3.8, 4) is 0 Å². The molecule has 0 radical (unpaired) electrons. The van der Waals surface area contributed by atoms with Crippen LogP contribution in [0.4, 0.5) is 0 Å². The molecule has 0 spiro atoms. The number of carbonyl (C=O) groups is 1. The molecule has 0 amide bonds. The number of hydrogen-bond acceptors (Lipinski definition) is 3. The van der Waals surface area contributed by atoms with Crippen molar-refractivity contribution >= 4 is 30.2 Å². The smallest absolute Gasteiger partial charge is 0.293 e. The number of carbonyl (C=O) groups excluding carboxylic acids is 1. The third-order valence-corrected chi connectivity index (χ3v) is 1.63. The summed E-state index contributed by atoms with van der Waals surface area (Å²) in [6, 6.07) is 1.92. The van der Waals surface area contributed by atoms with Gasteiger partial charge in [-0.2, -0.15) is 11.3 Å². The topological polar surface area (TPSA) is 26.3 Å². The molecular formula is C6H7ClO2S. The van der Waals surface area contributed by atoms with E-state index in [4.69, 9.17) is 0 Å². The molecule has 1 aromatic heterocycles. The van der Waals surface area contributed by atoms with Crippen molar-refractivity contribution in [2.24, 2.45) is 0 Å². The van der Waals surface area contributed by atoms with E-state index in [-0.39, 0.29) is 12.4 Å². The lowest BCUT2D eigenvalue weighted by Gasteiger charge is -1.90. The highest BCUT2D eigenvalue weighted by Crippen LogP contribution is 2.05. The maximum atomic E-state index is 9.68. The molecule has 0 atom stereocenters. The van der Waals surface area contributed by atoms with Crippen molar-refractivity contribution in [3.63, 3.8) is 0 Å². The fraction of sp³-hybridized carbons (Fsp3) is 0.167. The Kier molecular flexibility index (Phi) is 4.98. The Balaban J connectivity index is 0.000000810.